The van der Waals surface area contributed by atoms with Gasteiger partial charge in [0, 0.05) is 18.9 Å². The highest BCUT2D eigenvalue weighted by molar-refractivity contribution is 14.1. The van der Waals surface area contributed by atoms with E-state index < -0.39 is 15.8 Å². The average Bonchev–Trinajstić information content (AvgIpc) is 2.56. The summed E-state index contributed by atoms with van der Waals surface area (Å²) in [5, 5.41) is 4.97. The molecular weight excluding hydrogens is 388 g/mol. The number of amides is 1. The molecule has 2 heterocycles. The first-order valence-electron chi connectivity index (χ1n) is 5.38. The number of carbonyl (C=O) groups is 1. The normalized spacial score (nSPS) is 20.1. The van der Waals surface area contributed by atoms with Gasteiger partial charge in [-0.2, -0.15) is 0 Å². The van der Waals surface area contributed by atoms with Gasteiger partial charge in [-0.05, 0) is 28.7 Å². The predicted molar refractivity (Wildman–Crippen MR) is 75.3 cm³/mol. The van der Waals surface area contributed by atoms with Crippen LogP contribution in [0.15, 0.2) is 12.3 Å². The van der Waals surface area contributed by atoms with Crippen LogP contribution in [0.25, 0.3) is 0 Å². The van der Waals surface area contributed by atoms with E-state index in [0.717, 1.165) is 6.20 Å². The Bertz CT molecular complexity index is 622. The number of hydrogen-bond donors (Lipinski definition) is 1. The number of halogens is 2. The molecule has 2 N–H and O–H groups in total. The third-order valence-corrected chi connectivity index (χ3v) is 4.45. The minimum Gasteiger partial charge on any atom is -0.296 e. The Labute approximate surface area is 123 Å². The summed E-state index contributed by atoms with van der Waals surface area (Å²) in [6.45, 7) is 0.226. The Morgan fingerprint density at radius 2 is 2.26 bits per heavy atom. The molecule has 1 unspecified atom stereocenters. The van der Waals surface area contributed by atoms with Crippen LogP contribution in [-0.2, 0) is 14.8 Å². The highest BCUT2D eigenvalue weighted by atomic mass is 127. The second-order valence-corrected chi connectivity index (χ2v) is 7.18. The van der Waals surface area contributed by atoms with Crippen molar-refractivity contribution in [3.8, 4) is 0 Å². The second-order valence-electron chi connectivity index (χ2n) is 4.36. The fraction of sp³-hybridized carbons (Fsp3) is 0.400. The first-order chi connectivity index (χ1) is 8.76. The standard InChI is InChI=1S/C10H11FIN3O3S/c11-7-2-8(12)10(14-3-7)15-4-6(1-9(15)16)5-19(13,17)18/h2-3,6H,1,4-5H2,(H2,13,17,18). The molecule has 6 nitrogen and oxygen atoms in total. The van der Waals surface area contributed by atoms with Gasteiger partial charge in [0.2, 0.25) is 15.9 Å². The number of carbonyl (C=O) groups excluding carboxylic acids is 1. The van der Waals surface area contributed by atoms with Crippen molar-refractivity contribution in [1.82, 2.24) is 4.98 Å². The molecule has 0 aromatic carbocycles. The molecule has 1 aliphatic rings. The van der Waals surface area contributed by atoms with E-state index in [4.69, 9.17) is 5.14 Å². The Kier molecular flexibility index (Phi) is 4.06. The van der Waals surface area contributed by atoms with Crippen molar-refractivity contribution in [1.29, 1.82) is 0 Å². The molecule has 1 saturated heterocycles. The summed E-state index contributed by atoms with van der Waals surface area (Å²) in [6, 6.07) is 1.27. The molecule has 1 aliphatic heterocycles. The summed E-state index contributed by atoms with van der Waals surface area (Å²) in [5.74, 6) is -0.965. The summed E-state index contributed by atoms with van der Waals surface area (Å²) in [7, 11) is -3.61. The number of sulfonamides is 1. The number of anilines is 1. The molecule has 0 saturated carbocycles. The number of primary sulfonamides is 1. The zero-order valence-corrected chi connectivity index (χ0v) is 12.7. The minimum atomic E-state index is -3.61. The molecule has 104 valence electrons. The van der Waals surface area contributed by atoms with Crippen LogP contribution >= 0.6 is 22.6 Å². The van der Waals surface area contributed by atoms with Crippen molar-refractivity contribution in [3.05, 3.63) is 21.7 Å². The Hall–Kier alpha value is -0.810. The van der Waals surface area contributed by atoms with Crippen LogP contribution in [0.3, 0.4) is 0 Å². The van der Waals surface area contributed by atoms with E-state index in [1.165, 1.54) is 11.0 Å². The van der Waals surface area contributed by atoms with Gasteiger partial charge in [0.05, 0.1) is 15.5 Å². The molecule has 1 amide bonds. The van der Waals surface area contributed by atoms with Crippen molar-refractivity contribution in [2.24, 2.45) is 11.1 Å². The number of nitrogens with zero attached hydrogens (tertiary/aromatic N) is 2. The largest absolute Gasteiger partial charge is 0.296 e. The lowest BCUT2D eigenvalue weighted by Crippen LogP contribution is -2.28. The molecule has 0 spiro atoms. The molecule has 9 heteroatoms. The van der Waals surface area contributed by atoms with Gasteiger partial charge < -0.3 is 0 Å². The molecule has 0 bridgehead atoms. The quantitative estimate of drug-likeness (QED) is 0.748. The van der Waals surface area contributed by atoms with E-state index in [2.05, 4.69) is 4.98 Å². The van der Waals surface area contributed by atoms with E-state index in [-0.39, 0.29) is 30.5 Å². The lowest BCUT2D eigenvalue weighted by molar-refractivity contribution is -0.117. The topological polar surface area (TPSA) is 93.4 Å². The van der Waals surface area contributed by atoms with E-state index >= 15 is 0 Å². The van der Waals surface area contributed by atoms with Crippen LogP contribution in [0.5, 0.6) is 0 Å². The van der Waals surface area contributed by atoms with Gasteiger partial charge in [0.15, 0.2) is 0 Å². The highest BCUT2D eigenvalue weighted by Crippen LogP contribution is 2.28. The molecule has 1 aromatic rings. The maximum absolute atomic E-state index is 13.0. The number of pyridine rings is 1. The van der Waals surface area contributed by atoms with Crippen LogP contribution in [0, 0.1) is 15.3 Å². The van der Waals surface area contributed by atoms with Crippen LogP contribution in [-0.4, -0.2) is 31.6 Å². The van der Waals surface area contributed by atoms with Gasteiger partial charge in [-0.1, -0.05) is 0 Å². The molecule has 19 heavy (non-hydrogen) atoms. The number of rotatable bonds is 3. The lowest BCUT2D eigenvalue weighted by Gasteiger charge is -2.16. The second kappa shape index (κ2) is 5.29. The van der Waals surface area contributed by atoms with Crippen molar-refractivity contribution < 1.29 is 17.6 Å². The van der Waals surface area contributed by atoms with Gasteiger partial charge in [0.1, 0.15) is 11.6 Å². The third-order valence-electron chi connectivity index (χ3n) is 2.72. The lowest BCUT2D eigenvalue weighted by atomic mass is 10.1. The Morgan fingerprint density at radius 3 is 2.84 bits per heavy atom. The van der Waals surface area contributed by atoms with Crippen molar-refractivity contribution in [2.75, 3.05) is 17.2 Å². The summed E-state index contributed by atoms with van der Waals surface area (Å²) < 4.78 is 35.5. The van der Waals surface area contributed by atoms with E-state index in [0.29, 0.717) is 9.39 Å². The van der Waals surface area contributed by atoms with Gasteiger partial charge in [0.25, 0.3) is 0 Å². The molecule has 0 aliphatic carbocycles. The SMILES string of the molecule is NS(=O)(=O)CC1CC(=O)N(c2ncc(F)cc2I)C1. The highest BCUT2D eigenvalue weighted by Gasteiger charge is 2.34. The van der Waals surface area contributed by atoms with Gasteiger partial charge in [-0.15, -0.1) is 0 Å². The zero-order chi connectivity index (χ0) is 14.2. The molecule has 1 aromatic heterocycles. The summed E-state index contributed by atoms with van der Waals surface area (Å²) >= 11 is 1.88. The number of hydrogen-bond acceptors (Lipinski definition) is 4. The zero-order valence-electron chi connectivity index (χ0n) is 9.71. The molecule has 2 rings (SSSR count). The van der Waals surface area contributed by atoms with Gasteiger partial charge in [-0.3, -0.25) is 9.69 Å². The Balaban J connectivity index is 2.20. The fourth-order valence-corrected chi connectivity index (χ4v) is 3.64. The van der Waals surface area contributed by atoms with E-state index in [1.54, 1.807) is 0 Å². The van der Waals surface area contributed by atoms with E-state index in [9.17, 15) is 17.6 Å². The molecule has 0 radical (unpaired) electrons. The summed E-state index contributed by atoms with van der Waals surface area (Å²) in [5.41, 5.74) is 0. The minimum absolute atomic E-state index is 0.103. The predicted octanol–water partition coefficient (Wildman–Crippen LogP) is 0.467. The van der Waals surface area contributed by atoms with Gasteiger partial charge >= 0.3 is 0 Å². The molecule has 1 fully saturated rings. The van der Waals surface area contributed by atoms with Crippen LogP contribution in [0.1, 0.15) is 6.42 Å². The van der Waals surface area contributed by atoms with Gasteiger partial charge in [-0.25, -0.2) is 22.9 Å². The molecular formula is C10H11FIN3O3S. The average molecular weight is 399 g/mol. The van der Waals surface area contributed by atoms with Crippen LogP contribution < -0.4 is 10.0 Å². The first kappa shape index (κ1) is 14.6. The number of nitrogens with two attached hydrogens (primary N) is 1. The summed E-state index contributed by atoms with van der Waals surface area (Å²) in [6.07, 6.45) is 1.13. The smallest absolute Gasteiger partial charge is 0.228 e. The monoisotopic (exact) mass is 399 g/mol. The summed E-state index contributed by atoms with van der Waals surface area (Å²) in [4.78, 5) is 17.1. The number of aromatic nitrogens is 1. The van der Waals surface area contributed by atoms with Crippen molar-refractivity contribution >= 4 is 44.3 Å². The first-order valence-corrected chi connectivity index (χ1v) is 8.17. The maximum atomic E-state index is 13.0. The van der Waals surface area contributed by atoms with E-state index in [1.807, 2.05) is 22.6 Å². The maximum Gasteiger partial charge on any atom is 0.228 e. The fourth-order valence-electron chi connectivity index (χ4n) is 2.03. The van der Waals surface area contributed by atoms with Crippen molar-refractivity contribution in [3.63, 3.8) is 0 Å². The molecule has 1 atom stereocenters. The third kappa shape index (κ3) is 3.60. The Morgan fingerprint density at radius 1 is 1.58 bits per heavy atom. The van der Waals surface area contributed by atoms with Crippen LogP contribution in [0.4, 0.5) is 10.2 Å². The van der Waals surface area contributed by atoms with Crippen molar-refractivity contribution in [2.45, 2.75) is 6.42 Å². The van der Waals surface area contributed by atoms with Crippen LogP contribution in [0.2, 0.25) is 0 Å².